The van der Waals surface area contributed by atoms with Crippen LogP contribution in [0, 0.1) is 0 Å². The molecule has 1 fully saturated rings. The molecule has 22 heavy (non-hydrogen) atoms. The zero-order chi connectivity index (χ0) is 15.7. The summed E-state index contributed by atoms with van der Waals surface area (Å²) in [5.74, 6) is 0.143. The molecule has 1 amide bonds. The van der Waals surface area contributed by atoms with Gasteiger partial charge in [-0.15, -0.1) is 0 Å². The van der Waals surface area contributed by atoms with Crippen molar-refractivity contribution in [2.45, 2.75) is 15.7 Å². The lowest BCUT2D eigenvalue weighted by molar-refractivity contribution is 0.105. The molecule has 1 heterocycles. The van der Waals surface area contributed by atoms with Crippen LogP contribution in [0.5, 0.6) is 0 Å². The van der Waals surface area contributed by atoms with Gasteiger partial charge in [-0.1, -0.05) is 30.3 Å². The lowest BCUT2D eigenvalue weighted by Gasteiger charge is -2.37. The highest BCUT2D eigenvalue weighted by atomic mass is 32.2. The molecule has 0 unspecified atom stereocenters. The number of carbonyl (C=O) groups is 1. The molecule has 0 atom stereocenters. The van der Waals surface area contributed by atoms with Crippen molar-refractivity contribution < 1.29 is 18.3 Å². The third kappa shape index (κ3) is 2.57. The summed E-state index contributed by atoms with van der Waals surface area (Å²) in [6.45, 7) is 0.917. The van der Waals surface area contributed by atoms with E-state index in [1.54, 1.807) is 54.6 Å². The average Bonchev–Trinajstić information content (AvgIpc) is 2.47. The Hall–Kier alpha value is -2.34. The van der Waals surface area contributed by atoms with Gasteiger partial charge in [0.05, 0.1) is 9.79 Å². The number of benzene rings is 2. The molecule has 0 radical (unpaired) electrons. The van der Waals surface area contributed by atoms with Crippen molar-refractivity contribution >= 4 is 15.9 Å². The molecule has 1 aliphatic heterocycles. The van der Waals surface area contributed by atoms with Crippen LogP contribution >= 0.6 is 0 Å². The Balaban J connectivity index is 1.79. The van der Waals surface area contributed by atoms with Gasteiger partial charge in [0.25, 0.3) is 0 Å². The van der Waals surface area contributed by atoms with E-state index in [4.69, 9.17) is 5.11 Å². The van der Waals surface area contributed by atoms with Gasteiger partial charge in [0, 0.05) is 19.0 Å². The van der Waals surface area contributed by atoms with Crippen molar-refractivity contribution in [3.05, 3.63) is 60.2 Å². The van der Waals surface area contributed by atoms with Gasteiger partial charge in [0.2, 0.25) is 9.84 Å². The molecule has 1 N–H and O–H groups in total. The number of likely N-dealkylation sites (tertiary alicyclic amines) is 1. The average molecular weight is 317 g/mol. The summed E-state index contributed by atoms with van der Waals surface area (Å²) in [5.41, 5.74) is 0.963. The van der Waals surface area contributed by atoms with Crippen molar-refractivity contribution in [3.63, 3.8) is 0 Å². The van der Waals surface area contributed by atoms with Crippen LogP contribution < -0.4 is 0 Å². The molecule has 0 bridgehead atoms. The second-order valence-corrected chi connectivity index (χ2v) is 7.22. The number of carboxylic acid groups (broad SMARTS) is 1. The summed E-state index contributed by atoms with van der Waals surface area (Å²) < 4.78 is 24.9. The van der Waals surface area contributed by atoms with Gasteiger partial charge in [-0.2, -0.15) is 0 Å². The molecular formula is C16H15NO4S. The molecule has 0 spiro atoms. The molecule has 1 saturated heterocycles. The van der Waals surface area contributed by atoms with Gasteiger partial charge in [-0.25, -0.2) is 13.2 Å². The van der Waals surface area contributed by atoms with Crippen LogP contribution in [0.3, 0.4) is 0 Å². The Morgan fingerprint density at radius 1 is 0.955 bits per heavy atom. The van der Waals surface area contributed by atoms with Crippen LogP contribution in [-0.2, 0) is 9.84 Å². The second kappa shape index (κ2) is 5.46. The minimum absolute atomic E-state index is 0.143. The lowest BCUT2D eigenvalue weighted by Crippen LogP contribution is -2.47. The molecule has 3 rings (SSSR count). The Kier molecular flexibility index (Phi) is 3.62. The van der Waals surface area contributed by atoms with Gasteiger partial charge in [-0.05, 0) is 29.8 Å². The van der Waals surface area contributed by atoms with Gasteiger partial charge in [-0.3, -0.25) is 0 Å². The fourth-order valence-corrected chi connectivity index (χ4v) is 3.78. The van der Waals surface area contributed by atoms with Gasteiger partial charge >= 0.3 is 6.09 Å². The van der Waals surface area contributed by atoms with E-state index >= 15 is 0 Å². The number of hydrogen-bond acceptors (Lipinski definition) is 3. The van der Waals surface area contributed by atoms with E-state index < -0.39 is 15.9 Å². The number of nitrogens with zero attached hydrogens (tertiary/aromatic N) is 1. The first-order valence-corrected chi connectivity index (χ1v) is 8.35. The maximum Gasteiger partial charge on any atom is 0.407 e. The topological polar surface area (TPSA) is 74.7 Å². The van der Waals surface area contributed by atoms with Crippen molar-refractivity contribution in [3.8, 4) is 0 Å². The quantitative estimate of drug-likeness (QED) is 0.944. The Labute approximate surface area is 128 Å². The van der Waals surface area contributed by atoms with Crippen LogP contribution in [0.2, 0.25) is 0 Å². The molecule has 114 valence electrons. The first kappa shape index (κ1) is 14.6. The van der Waals surface area contributed by atoms with Crippen LogP contribution in [0.15, 0.2) is 64.4 Å². The fraction of sp³-hybridized carbons (Fsp3) is 0.188. The zero-order valence-corrected chi connectivity index (χ0v) is 12.5. The first-order chi connectivity index (χ1) is 10.5. The molecular weight excluding hydrogens is 302 g/mol. The Morgan fingerprint density at radius 2 is 1.50 bits per heavy atom. The minimum Gasteiger partial charge on any atom is -0.465 e. The molecule has 0 aromatic heterocycles. The number of amides is 1. The summed E-state index contributed by atoms with van der Waals surface area (Å²) in [6, 6.07) is 15.0. The SMILES string of the molecule is O=C(O)N1CC(c2ccc(S(=O)(=O)c3ccccc3)cc2)C1. The van der Waals surface area contributed by atoms with E-state index in [1.165, 1.54) is 4.90 Å². The molecule has 2 aromatic carbocycles. The van der Waals surface area contributed by atoms with Crippen molar-refractivity contribution in [2.24, 2.45) is 0 Å². The van der Waals surface area contributed by atoms with Gasteiger partial charge < -0.3 is 10.0 Å². The normalized spacial score (nSPS) is 15.4. The fourth-order valence-electron chi connectivity index (χ4n) is 2.50. The van der Waals surface area contributed by atoms with E-state index in [0.29, 0.717) is 13.1 Å². The standard InChI is InChI=1S/C16H15NO4S/c18-16(19)17-10-13(11-17)12-6-8-15(9-7-12)22(20,21)14-4-2-1-3-5-14/h1-9,13H,10-11H2,(H,18,19). The number of sulfone groups is 1. The summed E-state index contributed by atoms with van der Waals surface area (Å²) in [4.78, 5) is 12.6. The van der Waals surface area contributed by atoms with Crippen LogP contribution in [0.25, 0.3) is 0 Å². The summed E-state index contributed by atoms with van der Waals surface area (Å²) in [7, 11) is -3.50. The van der Waals surface area contributed by atoms with Crippen LogP contribution in [-0.4, -0.2) is 37.6 Å². The molecule has 6 heteroatoms. The predicted octanol–water partition coefficient (Wildman–Crippen LogP) is 2.60. The maximum absolute atomic E-state index is 12.5. The van der Waals surface area contributed by atoms with E-state index in [0.717, 1.165) is 5.56 Å². The molecule has 5 nitrogen and oxygen atoms in total. The van der Waals surface area contributed by atoms with Crippen molar-refractivity contribution in [2.75, 3.05) is 13.1 Å². The van der Waals surface area contributed by atoms with Crippen LogP contribution in [0.4, 0.5) is 4.79 Å². The second-order valence-electron chi connectivity index (χ2n) is 5.27. The predicted molar refractivity (Wildman–Crippen MR) is 80.7 cm³/mol. The molecule has 0 aliphatic carbocycles. The van der Waals surface area contributed by atoms with Gasteiger partial charge in [0.15, 0.2) is 0 Å². The van der Waals surface area contributed by atoms with E-state index in [2.05, 4.69) is 0 Å². The highest BCUT2D eigenvalue weighted by molar-refractivity contribution is 7.91. The highest BCUT2D eigenvalue weighted by Crippen LogP contribution is 2.29. The Morgan fingerprint density at radius 3 is 2.05 bits per heavy atom. The monoisotopic (exact) mass is 317 g/mol. The van der Waals surface area contributed by atoms with E-state index in [9.17, 15) is 13.2 Å². The van der Waals surface area contributed by atoms with E-state index in [1.807, 2.05) is 0 Å². The highest BCUT2D eigenvalue weighted by Gasteiger charge is 2.31. The smallest absolute Gasteiger partial charge is 0.407 e. The Bertz CT molecular complexity index is 779. The van der Waals surface area contributed by atoms with Gasteiger partial charge in [0.1, 0.15) is 0 Å². The van der Waals surface area contributed by atoms with Crippen LogP contribution in [0.1, 0.15) is 11.5 Å². The summed E-state index contributed by atoms with van der Waals surface area (Å²) in [5, 5.41) is 8.82. The van der Waals surface area contributed by atoms with Crippen molar-refractivity contribution in [1.82, 2.24) is 4.90 Å². The minimum atomic E-state index is -3.50. The summed E-state index contributed by atoms with van der Waals surface area (Å²) >= 11 is 0. The third-order valence-electron chi connectivity index (χ3n) is 3.87. The maximum atomic E-state index is 12.5. The first-order valence-electron chi connectivity index (χ1n) is 6.86. The lowest BCUT2D eigenvalue weighted by atomic mass is 9.92. The van der Waals surface area contributed by atoms with Crippen molar-refractivity contribution in [1.29, 1.82) is 0 Å². The third-order valence-corrected chi connectivity index (χ3v) is 5.65. The van der Waals surface area contributed by atoms with E-state index in [-0.39, 0.29) is 15.7 Å². The number of rotatable bonds is 3. The largest absolute Gasteiger partial charge is 0.465 e. The number of hydrogen-bond donors (Lipinski definition) is 1. The summed E-state index contributed by atoms with van der Waals surface area (Å²) in [6.07, 6.45) is -0.917. The molecule has 0 saturated carbocycles. The molecule has 1 aliphatic rings. The zero-order valence-electron chi connectivity index (χ0n) is 11.7. The molecule has 2 aromatic rings.